The highest BCUT2D eigenvalue weighted by molar-refractivity contribution is 6.21. The zero-order valence-electron chi connectivity index (χ0n) is 26.3. The SMILES string of the molecule is CCCc1ccc2ccc(-c3c4ccccc4c(-c4ccc(-c5cccc(-c6ccccn6)c5)c(C)c4)c4ccccc34)cc2c1. The van der Waals surface area contributed by atoms with Crippen LogP contribution in [0.5, 0.6) is 0 Å². The van der Waals surface area contributed by atoms with Crippen LogP contribution in [0.4, 0.5) is 0 Å². The first kappa shape index (κ1) is 28.0. The van der Waals surface area contributed by atoms with E-state index in [1.165, 1.54) is 76.8 Å². The summed E-state index contributed by atoms with van der Waals surface area (Å²) in [5.41, 5.74) is 12.3. The van der Waals surface area contributed by atoms with Crippen LogP contribution in [-0.4, -0.2) is 4.98 Å². The number of nitrogens with zero attached hydrogens (tertiary/aromatic N) is 1. The lowest BCUT2D eigenvalue weighted by Crippen LogP contribution is -1.92. The summed E-state index contributed by atoms with van der Waals surface area (Å²) in [5.74, 6) is 0. The van der Waals surface area contributed by atoms with E-state index in [4.69, 9.17) is 0 Å². The van der Waals surface area contributed by atoms with Gasteiger partial charge in [0, 0.05) is 11.8 Å². The summed E-state index contributed by atoms with van der Waals surface area (Å²) in [5, 5.41) is 7.71. The van der Waals surface area contributed by atoms with Crippen LogP contribution in [0.15, 0.2) is 152 Å². The van der Waals surface area contributed by atoms with Gasteiger partial charge in [0.15, 0.2) is 0 Å². The van der Waals surface area contributed by atoms with E-state index >= 15 is 0 Å². The van der Waals surface area contributed by atoms with Crippen LogP contribution in [-0.2, 0) is 6.42 Å². The fourth-order valence-corrected chi connectivity index (χ4v) is 7.17. The number of pyridine rings is 1. The summed E-state index contributed by atoms with van der Waals surface area (Å²) in [7, 11) is 0. The molecule has 0 N–H and O–H groups in total. The van der Waals surface area contributed by atoms with Gasteiger partial charge in [0.25, 0.3) is 0 Å². The third kappa shape index (κ3) is 4.95. The molecule has 0 aliphatic carbocycles. The Morgan fingerprint density at radius 1 is 0.478 bits per heavy atom. The molecule has 0 amide bonds. The molecular weight excluding hydrogens is 555 g/mol. The Bertz CT molecular complexity index is 2330. The van der Waals surface area contributed by atoms with Gasteiger partial charge in [-0.05, 0) is 114 Å². The quantitative estimate of drug-likeness (QED) is 0.176. The molecular formula is C45H35N. The standard InChI is InChI=1S/C45H35N/c1-3-11-31-19-20-32-21-22-36(29-37(32)27-31)45-41-16-6-4-14-39(41)44(40-15-5-7-17-42(40)45)35-23-24-38(30(2)26-35)33-12-10-13-34(28-33)43-18-8-9-25-46-43/h4-10,12-29H,3,11H2,1-2H3. The molecule has 1 aromatic heterocycles. The van der Waals surface area contributed by atoms with E-state index in [1.54, 1.807) is 0 Å². The summed E-state index contributed by atoms with van der Waals surface area (Å²) in [6.45, 7) is 4.48. The molecule has 220 valence electrons. The summed E-state index contributed by atoms with van der Waals surface area (Å²) < 4.78 is 0. The Labute approximate surface area is 270 Å². The van der Waals surface area contributed by atoms with Crippen molar-refractivity contribution in [2.45, 2.75) is 26.7 Å². The van der Waals surface area contributed by atoms with E-state index in [9.17, 15) is 0 Å². The van der Waals surface area contributed by atoms with Crippen LogP contribution in [0.2, 0.25) is 0 Å². The summed E-state index contributed by atoms with van der Waals surface area (Å²) in [4.78, 5) is 4.57. The van der Waals surface area contributed by atoms with Gasteiger partial charge in [0.05, 0.1) is 5.69 Å². The summed E-state index contributed by atoms with van der Waals surface area (Å²) >= 11 is 0. The van der Waals surface area contributed by atoms with Crippen LogP contribution in [0, 0.1) is 6.92 Å². The van der Waals surface area contributed by atoms with Crippen molar-refractivity contribution in [3.63, 3.8) is 0 Å². The Morgan fingerprint density at radius 2 is 1.11 bits per heavy atom. The molecule has 0 aliphatic rings. The second-order valence-corrected chi connectivity index (χ2v) is 12.3. The largest absolute Gasteiger partial charge is 0.256 e. The summed E-state index contributed by atoms with van der Waals surface area (Å²) in [6.07, 6.45) is 4.11. The van der Waals surface area contributed by atoms with Crippen molar-refractivity contribution in [3.05, 3.63) is 163 Å². The molecule has 7 aromatic carbocycles. The molecule has 1 nitrogen and oxygen atoms in total. The van der Waals surface area contributed by atoms with Crippen molar-refractivity contribution in [2.75, 3.05) is 0 Å². The van der Waals surface area contributed by atoms with Crippen LogP contribution < -0.4 is 0 Å². The fourth-order valence-electron chi connectivity index (χ4n) is 7.17. The number of hydrogen-bond donors (Lipinski definition) is 0. The van der Waals surface area contributed by atoms with Gasteiger partial charge in [-0.25, -0.2) is 0 Å². The fraction of sp³-hybridized carbons (Fsp3) is 0.0889. The minimum absolute atomic E-state index is 0.990. The van der Waals surface area contributed by atoms with Crippen molar-refractivity contribution < 1.29 is 0 Å². The van der Waals surface area contributed by atoms with Gasteiger partial charge in [-0.1, -0.05) is 135 Å². The molecule has 1 heterocycles. The smallest absolute Gasteiger partial charge is 0.0702 e. The molecule has 8 aromatic rings. The number of benzene rings is 7. The number of hydrogen-bond acceptors (Lipinski definition) is 1. The number of aryl methyl sites for hydroxylation is 2. The normalized spacial score (nSPS) is 11.4. The first-order valence-electron chi connectivity index (χ1n) is 16.3. The minimum Gasteiger partial charge on any atom is -0.256 e. The van der Waals surface area contributed by atoms with Gasteiger partial charge in [0.1, 0.15) is 0 Å². The molecule has 0 atom stereocenters. The maximum atomic E-state index is 4.57. The zero-order chi connectivity index (χ0) is 31.0. The Morgan fingerprint density at radius 3 is 1.76 bits per heavy atom. The molecule has 0 radical (unpaired) electrons. The maximum absolute atomic E-state index is 4.57. The average molecular weight is 590 g/mol. The van der Waals surface area contributed by atoms with Gasteiger partial charge in [-0.15, -0.1) is 0 Å². The lowest BCUT2D eigenvalue weighted by Gasteiger charge is -2.19. The van der Waals surface area contributed by atoms with Crippen molar-refractivity contribution in [1.29, 1.82) is 0 Å². The van der Waals surface area contributed by atoms with Crippen molar-refractivity contribution in [2.24, 2.45) is 0 Å². The van der Waals surface area contributed by atoms with E-state index in [0.717, 1.165) is 24.1 Å². The van der Waals surface area contributed by atoms with E-state index < -0.39 is 0 Å². The molecule has 0 unspecified atom stereocenters. The van der Waals surface area contributed by atoms with Crippen LogP contribution in [0.3, 0.4) is 0 Å². The van der Waals surface area contributed by atoms with Crippen LogP contribution >= 0.6 is 0 Å². The molecule has 0 saturated carbocycles. The summed E-state index contributed by atoms with van der Waals surface area (Å²) in [6, 6.07) is 53.5. The first-order valence-corrected chi connectivity index (χ1v) is 16.3. The molecule has 0 spiro atoms. The highest BCUT2D eigenvalue weighted by atomic mass is 14.7. The Hall–Kier alpha value is -5.53. The molecule has 0 aliphatic heterocycles. The maximum Gasteiger partial charge on any atom is 0.0702 e. The van der Waals surface area contributed by atoms with Crippen LogP contribution in [0.25, 0.3) is 77.0 Å². The third-order valence-corrected chi connectivity index (χ3v) is 9.31. The van der Waals surface area contributed by atoms with Gasteiger partial charge >= 0.3 is 0 Å². The second-order valence-electron chi connectivity index (χ2n) is 12.3. The van der Waals surface area contributed by atoms with Crippen LogP contribution in [0.1, 0.15) is 24.5 Å². The van der Waals surface area contributed by atoms with E-state index in [1.807, 2.05) is 18.3 Å². The van der Waals surface area contributed by atoms with Crippen molar-refractivity contribution >= 4 is 32.3 Å². The predicted octanol–water partition coefficient (Wildman–Crippen LogP) is 12.5. The monoisotopic (exact) mass is 589 g/mol. The topological polar surface area (TPSA) is 12.9 Å². The third-order valence-electron chi connectivity index (χ3n) is 9.31. The van der Waals surface area contributed by atoms with Crippen molar-refractivity contribution in [3.8, 4) is 44.6 Å². The lowest BCUT2D eigenvalue weighted by atomic mass is 9.84. The molecule has 8 rings (SSSR count). The second kappa shape index (κ2) is 11.8. The average Bonchev–Trinajstić information content (AvgIpc) is 3.11. The van der Waals surface area contributed by atoms with E-state index in [-0.39, 0.29) is 0 Å². The number of rotatable bonds is 6. The predicted molar refractivity (Wildman–Crippen MR) is 197 cm³/mol. The zero-order valence-corrected chi connectivity index (χ0v) is 26.3. The van der Waals surface area contributed by atoms with E-state index in [0.29, 0.717) is 0 Å². The van der Waals surface area contributed by atoms with Gasteiger partial charge in [0.2, 0.25) is 0 Å². The molecule has 1 heteroatoms. The first-order chi connectivity index (χ1) is 22.7. The van der Waals surface area contributed by atoms with Gasteiger partial charge < -0.3 is 0 Å². The molecule has 0 bridgehead atoms. The molecule has 46 heavy (non-hydrogen) atoms. The number of aromatic nitrogens is 1. The number of fused-ring (bicyclic) bond motifs is 3. The Balaban J connectivity index is 1.30. The Kier molecular flexibility index (Phi) is 7.15. The lowest BCUT2D eigenvalue weighted by molar-refractivity contribution is 0.924. The van der Waals surface area contributed by atoms with E-state index in [2.05, 4.69) is 152 Å². The van der Waals surface area contributed by atoms with Gasteiger partial charge in [-0.2, -0.15) is 0 Å². The highest BCUT2D eigenvalue weighted by Gasteiger charge is 2.17. The minimum atomic E-state index is 0.990. The molecule has 0 saturated heterocycles. The highest BCUT2D eigenvalue weighted by Crippen LogP contribution is 2.44. The van der Waals surface area contributed by atoms with Gasteiger partial charge in [-0.3, -0.25) is 4.98 Å². The van der Waals surface area contributed by atoms with Crippen molar-refractivity contribution in [1.82, 2.24) is 4.98 Å². The molecule has 0 fully saturated rings.